The number of nitrogens with one attached hydrogen (secondary N) is 1. The Morgan fingerprint density at radius 3 is 2.38 bits per heavy atom. The standard InChI is InChI=1S/C24H25ClF3NO3/c25-19-5-3-4-17(12-19)14-22(30)29-20(15-23(31)32-21-6-1-2-7-21)13-16-8-10-18(11-9-16)24(26,27)28/h3-5,8-12,20-21H,1-2,6-7,13-15H2,(H,29,30)/t20-/m0/s1. The highest BCUT2D eigenvalue weighted by molar-refractivity contribution is 6.30. The van der Waals surface area contributed by atoms with E-state index < -0.39 is 23.8 Å². The Bertz CT molecular complexity index is 925. The van der Waals surface area contributed by atoms with Gasteiger partial charge in [0.15, 0.2) is 0 Å². The lowest BCUT2D eigenvalue weighted by Gasteiger charge is -2.20. The Hall–Kier alpha value is -2.54. The minimum absolute atomic E-state index is 0.0567. The van der Waals surface area contributed by atoms with Gasteiger partial charge in [0.1, 0.15) is 6.10 Å². The minimum atomic E-state index is -4.42. The molecular weight excluding hydrogens is 443 g/mol. The van der Waals surface area contributed by atoms with Crippen molar-refractivity contribution in [3.63, 3.8) is 0 Å². The molecule has 3 rings (SSSR count). The number of halogens is 4. The number of carbonyl (C=O) groups excluding carboxylic acids is 2. The Morgan fingerprint density at radius 1 is 1.06 bits per heavy atom. The quantitative estimate of drug-likeness (QED) is 0.521. The van der Waals surface area contributed by atoms with E-state index in [1.807, 2.05) is 0 Å². The molecule has 1 amide bonds. The summed E-state index contributed by atoms with van der Waals surface area (Å²) in [6.45, 7) is 0. The Morgan fingerprint density at radius 2 is 1.75 bits per heavy atom. The molecule has 2 aromatic carbocycles. The Balaban J connectivity index is 1.66. The molecule has 172 valence electrons. The molecule has 0 unspecified atom stereocenters. The molecule has 0 spiro atoms. The van der Waals surface area contributed by atoms with E-state index in [1.165, 1.54) is 12.1 Å². The molecule has 0 radical (unpaired) electrons. The molecule has 4 nitrogen and oxygen atoms in total. The zero-order valence-electron chi connectivity index (χ0n) is 17.5. The summed E-state index contributed by atoms with van der Waals surface area (Å²) in [5.41, 5.74) is 0.556. The first-order valence-corrected chi connectivity index (χ1v) is 11.0. The molecule has 1 atom stereocenters. The molecule has 8 heteroatoms. The molecule has 0 heterocycles. The average Bonchev–Trinajstić information content (AvgIpc) is 3.20. The molecule has 0 saturated heterocycles. The molecule has 1 aliphatic rings. The molecule has 2 aromatic rings. The van der Waals surface area contributed by atoms with E-state index >= 15 is 0 Å². The number of rotatable bonds is 8. The molecular formula is C24H25ClF3NO3. The smallest absolute Gasteiger partial charge is 0.416 e. The van der Waals surface area contributed by atoms with Crippen molar-refractivity contribution in [1.29, 1.82) is 0 Å². The first-order valence-electron chi connectivity index (χ1n) is 10.6. The maximum atomic E-state index is 12.8. The maximum Gasteiger partial charge on any atom is 0.416 e. The summed E-state index contributed by atoms with van der Waals surface area (Å²) in [4.78, 5) is 25.0. The van der Waals surface area contributed by atoms with Gasteiger partial charge in [-0.05, 0) is 67.5 Å². The van der Waals surface area contributed by atoms with E-state index in [9.17, 15) is 22.8 Å². The van der Waals surface area contributed by atoms with Crippen molar-refractivity contribution in [3.05, 3.63) is 70.2 Å². The van der Waals surface area contributed by atoms with Gasteiger partial charge < -0.3 is 10.1 Å². The van der Waals surface area contributed by atoms with Gasteiger partial charge in [0, 0.05) is 11.1 Å². The zero-order valence-corrected chi connectivity index (χ0v) is 18.2. The van der Waals surface area contributed by atoms with E-state index in [0.717, 1.165) is 43.4 Å². The Labute approximate surface area is 190 Å². The molecule has 1 N–H and O–H groups in total. The molecule has 1 aliphatic carbocycles. The van der Waals surface area contributed by atoms with Gasteiger partial charge in [0.2, 0.25) is 5.91 Å². The molecule has 0 aromatic heterocycles. The predicted octanol–water partition coefficient (Wildman–Crippen LogP) is 5.50. The highest BCUT2D eigenvalue weighted by atomic mass is 35.5. The third kappa shape index (κ3) is 7.55. The van der Waals surface area contributed by atoms with Crippen LogP contribution in [0.25, 0.3) is 0 Å². The van der Waals surface area contributed by atoms with Crippen LogP contribution in [0.2, 0.25) is 5.02 Å². The van der Waals surface area contributed by atoms with Crippen LogP contribution >= 0.6 is 11.6 Å². The van der Waals surface area contributed by atoms with Gasteiger partial charge in [-0.3, -0.25) is 9.59 Å². The fourth-order valence-electron chi connectivity index (χ4n) is 3.84. The number of benzene rings is 2. The molecule has 1 saturated carbocycles. The monoisotopic (exact) mass is 467 g/mol. The van der Waals surface area contributed by atoms with Crippen LogP contribution < -0.4 is 5.32 Å². The van der Waals surface area contributed by atoms with E-state index in [2.05, 4.69) is 5.32 Å². The topological polar surface area (TPSA) is 55.4 Å². The number of amides is 1. The van der Waals surface area contributed by atoms with Crippen LogP contribution in [0, 0.1) is 0 Å². The number of alkyl halides is 3. The number of hydrogen-bond acceptors (Lipinski definition) is 3. The van der Waals surface area contributed by atoms with Crippen LogP contribution in [0.1, 0.15) is 48.8 Å². The van der Waals surface area contributed by atoms with E-state index in [0.29, 0.717) is 10.6 Å². The lowest BCUT2D eigenvalue weighted by Crippen LogP contribution is -2.39. The molecule has 0 aliphatic heterocycles. The SMILES string of the molecule is O=C(Cc1cccc(Cl)c1)N[C@H](CC(=O)OC1CCCC1)Cc1ccc(C(F)(F)F)cc1. The summed E-state index contributed by atoms with van der Waals surface area (Å²) < 4.78 is 44.0. The van der Waals surface area contributed by atoms with Gasteiger partial charge in [-0.15, -0.1) is 0 Å². The highest BCUT2D eigenvalue weighted by Gasteiger charge is 2.30. The third-order valence-electron chi connectivity index (χ3n) is 5.40. The van der Waals surface area contributed by atoms with Gasteiger partial charge in [-0.25, -0.2) is 0 Å². The normalized spacial score (nSPS) is 15.4. The highest BCUT2D eigenvalue weighted by Crippen LogP contribution is 2.29. The van der Waals surface area contributed by atoms with Crippen molar-refractivity contribution in [2.45, 2.75) is 63.3 Å². The number of hydrogen-bond donors (Lipinski definition) is 1. The van der Waals surface area contributed by atoms with Crippen molar-refractivity contribution in [1.82, 2.24) is 5.32 Å². The molecule has 0 bridgehead atoms. The zero-order chi connectivity index (χ0) is 23.1. The second kappa shape index (κ2) is 10.9. The second-order valence-electron chi connectivity index (χ2n) is 8.07. The van der Waals surface area contributed by atoms with Gasteiger partial charge >= 0.3 is 12.1 Å². The van der Waals surface area contributed by atoms with Gasteiger partial charge in [-0.2, -0.15) is 13.2 Å². The van der Waals surface area contributed by atoms with Crippen LogP contribution in [-0.2, 0) is 33.3 Å². The summed E-state index contributed by atoms with van der Waals surface area (Å²) in [5, 5.41) is 3.34. The van der Waals surface area contributed by atoms with Crippen molar-refractivity contribution >= 4 is 23.5 Å². The Kier molecular flexibility index (Phi) is 8.18. The van der Waals surface area contributed by atoms with Crippen molar-refractivity contribution in [3.8, 4) is 0 Å². The number of esters is 1. The first kappa shape index (κ1) is 24.1. The first-order chi connectivity index (χ1) is 15.2. The van der Waals surface area contributed by atoms with Gasteiger partial charge in [0.05, 0.1) is 18.4 Å². The van der Waals surface area contributed by atoms with Crippen LogP contribution in [0.4, 0.5) is 13.2 Å². The van der Waals surface area contributed by atoms with Crippen LogP contribution in [-0.4, -0.2) is 24.0 Å². The lowest BCUT2D eigenvalue weighted by molar-refractivity contribution is -0.149. The lowest BCUT2D eigenvalue weighted by atomic mass is 10.0. The summed E-state index contributed by atoms with van der Waals surface area (Å²) in [6.07, 6.45) is -0.607. The third-order valence-corrected chi connectivity index (χ3v) is 5.63. The van der Waals surface area contributed by atoms with E-state index in [-0.39, 0.29) is 31.3 Å². The van der Waals surface area contributed by atoms with Crippen LogP contribution in [0.5, 0.6) is 0 Å². The number of carbonyl (C=O) groups is 2. The maximum absolute atomic E-state index is 12.8. The second-order valence-corrected chi connectivity index (χ2v) is 8.51. The fourth-order valence-corrected chi connectivity index (χ4v) is 4.05. The average molecular weight is 468 g/mol. The van der Waals surface area contributed by atoms with Crippen molar-refractivity contribution in [2.24, 2.45) is 0 Å². The van der Waals surface area contributed by atoms with Gasteiger partial charge in [-0.1, -0.05) is 35.9 Å². The largest absolute Gasteiger partial charge is 0.462 e. The van der Waals surface area contributed by atoms with E-state index in [1.54, 1.807) is 24.3 Å². The molecule has 1 fully saturated rings. The summed E-state index contributed by atoms with van der Waals surface area (Å²) in [6, 6.07) is 11.0. The van der Waals surface area contributed by atoms with Crippen LogP contribution in [0.3, 0.4) is 0 Å². The number of ether oxygens (including phenoxy) is 1. The van der Waals surface area contributed by atoms with Crippen LogP contribution in [0.15, 0.2) is 48.5 Å². The van der Waals surface area contributed by atoms with E-state index in [4.69, 9.17) is 16.3 Å². The van der Waals surface area contributed by atoms with Crippen molar-refractivity contribution < 1.29 is 27.5 Å². The summed E-state index contributed by atoms with van der Waals surface area (Å²) in [5.74, 6) is -0.727. The van der Waals surface area contributed by atoms with Crippen molar-refractivity contribution in [2.75, 3.05) is 0 Å². The van der Waals surface area contributed by atoms with Gasteiger partial charge in [0.25, 0.3) is 0 Å². The predicted molar refractivity (Wildman–Crippen MR) is 115 cm³/mol. The minimum Gasteiger partial charge on any atom is -0.462 e. The summed E-state index contributed by atoms with van der Waals surface area (Å²) >= 11 is 5.96. The molecule has 32 heavy (non-hydrogen) atoms. The fraction of sp³-hybridized carbons (Fsp3) is 0.417. The summed E-state index contributed by atoms with van der Waals surface area (Å²) in [7, 11) is 0.